The van der Waals surface area contributed by atoms with Gasteiger partial charge in [-0.15, -0.1) is 0 Å². The van der Waals surface area contributed by atoms with Crippen LogP contribution in [0, 0.1) is 0 Å². The average Bonchev–Trinajstić information content (AvgIpc) is 3.31. The third-order valence-electron chi connectivity index (χ3n) is 7.30. The van der Waals surface area contributed by atoms with Crippen molar-refractivity contribution in [1.82, 2.24) is 24.9 Å². The Morgan fingerprint density at radius 2 is 1.93 bits per heavy atom. The number of nitrogen functional groups attached to an aromatic ring is 1. The Hall–Kier alpha value is -2.93. The Morgan fingerprint density at radius 1 is 1.29 bits per heavy atom. The average molecular weight is 679 g/mol. The van der Waals surface area contributed by atoms with Gasteiger partial charge in [0.2, 0.25) is 11.8 Å². The number of nitrogens with zero attached hydrogens (tertiary/aromatic N) is 5. The number of nitrogens with one attached hydrogen (secondary N) is 2. The summed E-state index contributed by atoms with van der Waals surface area (Å²) in [6, 6.07) is -2.55. The summed E-state index contributed by atoms with van der Waals surface area (Å²) in [4.78, 5) is 49.3. The number of carbonyl (C=O) groups is 3. The SMILES string of the molecule is CNc1c(OC)nc(N)nc1N(C)C1OC(CO[P@](=O)(N[C@H](C)C(=O)OC(C)C)SCC2C(=O)N(C)C(=O)N2C)[C@@H](O)[C@@]1(C)O. The van der Waals surface area contributed by atoms with Crippen molar-refractivity contribution >= 4 is 53.5 Å². The number of esters is 1. The van der Waals surface area contributed by atoms with E-state index in [1.165, 1.54) is 44.9 Å². The quantitative estimate of drug-likeness (QED) is 0.0995. The largest absolute Gasteiger partial charge is 0.479 e. The number of aliphatic hydroxyl groups excluding tert-OH is 1. The number of rotatable bonds is 14. The highest BCUT2D eigenvalue weighted by Gasteiger charge is 2.55. The molecular weight excluding hydrogens is 635 g/mol. The lowest BCUT2D eigenvalue weighted by Crippen LogP contribution is -2.52. The first kappa shape index (κ1) is 36.5. The number of carbonyl (C=O) groups excluding carboxylic acids is 3. The van der Waals surface area contributed by atoms with Gasteiger partial charge in [0.1, 0.15) is 35.6 Å². The fourth-order valence-electron chi connectivity index (χ4n) is 4.80. The van der Waals surface area contributed by atoms with Gasteiger partial charge >= 0.3 is 18.7 Å². The van der Waals surface area contributed by atoms with E-state index in [4.69, 9.17) is 24.5 Å². The molecule has 7 atom stereocenters. The van der Waals surface area contributed by atoms with Gasteiger partial charge in [0.25, 0.3) is 5.91 Å². The number of methoxy groups -OCH3 is 1. The first-order valence-electron chi connectivity index (χ1n) is 14.0. The molecule has 6 N–H and O–H groups in total. The predicted molar refractivity (Wildman–Crippen MR) is 166 cm³/mol. The fourth-order valence-corrected chi connectivity index (χ4v) is 8.77. The van der Waals surface area contributed by atoms with E-state index < -0.39 is 73.5 Å². The number of urea groups is 1. The van der Waals surface area contributed by atoms with Gasteiger partial charge in [-0.1, -0.05) is 11.4 Å². The molecule has 2 fully saturated rings. The molecule has 45 heavy (non-hydrogen) atoms. The molecule has 1 aromatic heterocycles. The first-order valence-corrected chi connectivity index (χ1v) is 17.2. The Bertz CT molecular complexity index is 1320. The van der Waals surface area contributed by atoms with Crippen LogP contribution in [0.3, 0.4) is 0 Å². The lowest BCUT2D eigenvalue weighted by molar-refractivity contribution is -0.149. The van der Waals surface area contributed by atoms with Crippen LogP contribution in [0.1, 0.15) is 27.7 Å². The van der Waals surface area contributed by atoms with Crippen LogP contribution in [0.25, 0.3) is 0 Å². The van der Waals surface area contributed by atoms with Crippen molar-refractivity contribution in [2.75, 3.05) is 63.6 Å². The number of nitrogens with two attached hydrogens (primary N) is 1. The lowest BCUT2D eigenvalue weighted by atomic mass is 9.96. The van der Waals surface area contributed by atoms with E-state index in [0.717, 1.165) is 4.90 Å². The van der Waals surface area contributed by atoms with E-state index in [9.17, 15) is 29.2 Å². The number of aromatic nitrogens is 2. The highest BCUT2D eigenvalue weighted by Crippen LogP contribution is 2.57. The number of amides is 3. The van der Waals surface area contributed by atoms with E-state index in [0.29, 0.717) is 17.1 Å². The molecule has 0 radical (unpaired) electrons. The number of likely N-dealkylation sites (N-methyl/N-ethyl adjacent to an activating group) is 3. The highest BCUT2D eigenvalue weighted by atomic mass is 32.7. The predicted octanol–water partition coefficient (Wildman–Crippen LogP) is 0.0621. The molecular formula is C25H43N8O10PS. The zero-order valence-corrected chi connectivity index (χ0v) is 28.4. The maximum Gasteiger partial charge on any atom is 0.327 e. The van der Waals surface area contributed by atoms with Gasteiger partial charge in [-0.05, 0) is 27.7 Å². The Kier molecular flexibility index (Phi) is 11.6. The van der Waals surface area contributed by atoms with Gasteiger partial charge in [-0.2, -0.15) is 9.97 Å². The van der Waals surface area contributed by atoms with Gasteiger partial charge in [-0.3, -0.25) is 19.1 Å². The summed E-state index contributed by atoms with van der Waals surface area (Å²) in [6.45, 7) is 1.54. The summed E-state index contributed by atoms with van der Waals surface area (Å²) < 4.78 is 36.4. The Labute approximate surface area is 265 Å². The van der Waals surface area contributed by atoms with Crippen molar-refractivity contribution in [3.63, 3.8) is 0 Å². The number of hydrogen-bond acceptors (Lipinski definition) is 16. The molecule has 0 aromatic carbocycles. The highest BCUT2D eigenvalue weighted by molar-refractivity contribution is 8.56. The van der Waals surface area contributed by atoms with E-state index in [-0.39, 0.29) is 23.4 Å². The van der Waals surface area contributed by atoms with Crippen LogP contribution in [-0.4, -0.2) is 138 Å². The Balaban J connectivity index is 1.83. The third kappa shape index (κ3) is 7.73. The summed E-state index contributed by atoms with van der Waals surface area (Å²) in [6.07, 6.45) is -4.41. The van der Waals surface area contributed by atoms with Crippen molar-refractivity contribution < 1.29 is 47.9 Å². The molecule has 20 heteroatoms. The van der Waals surface area contributed by atoms with Crippen LogP contribution < -0.4 is 25.8 Å². The third-order valence-corrected chi connectivity index (χ3v) is 11.4. The van der Waals surface area contributed by atoms with Crippen molar-refractivity contribution in [3.05, 3.63) is 0 Å². The van der Waals surface area contributed by atoms with Crippen molar-refractivity contribution in [1.29, 1.82) is 0 Å². The number of hydrogen-bond donors (Lipinski definition) is 5. The minimum absolute atomic E-state index is 0.112. The van der Waals surface area contributed by atoms with Gasteiger partial charge in [-0.25, -0.2) is 9.88 Å². The van der Waals surface area contributed by atoms with Gasteiger partial charge in [0.15, 0.2) is 12.0 Å². The zero-order chi connectivity index (χ0) is 34.0. The lowest BCUT2D eigenvalue weighted by Gasteiger charge is -2.34. The molecule has 2 aliphatic rings. The van der Waals surface area contributed by atoms with Crippen LogP contribution in [0.5, 0.6) is 5.88 Å². The van der Waals surface area contributed by atoms with Crippen LogP contribution >= 0.6 is 18.1 Å². The maximum absolute atomic E-state index is 14.1. The standard InChI is InChI=1S/C25H43N8O10PS/c1-12(2)42-21(36)13(3)30-44(39,45-11-14-20(35)33(8)24(37)31(14)6)41-10-15-17(34)25(4,38)22(43-15)32(7)18-16(27-5)19(40-9)29-23(26)28-18/h12-15,17,22,27,34,38H,10-11H2,1-9H3,(H,30,39)(H2,26,28,29)/t13-,14?,15?,17-,22?,25-,44-/m1/s1. The minimum Gasteiger partial charge on any atom is -0.479 e. The molecule has 18 nitrogen and oxygen atoms in total. The van der Waals surface area contributed by atoms with Gasteiger partial charge in [0, 0.05) is 33.9 Å². The second-order valence-electron chi connectivity index (χ2n) is 11.1. The molecule has 2 saturated heterocycles. The Morgan fingerprint density at radius 3 is 2.47 bits per heavy atom. The normalized spacial score (nSPS) is 27.1. The topological polar surface area (TPSA) is 231 Å². The summed E-state index contributed by atoms with van der Waals surface area (Å²) in [5.41, 5.74) is 4.30. The molecule has 3 rings (SSSR count). The molecule has 3 heterocycles. The summed E-state index contributed by atoms with van der Waals surface area (Å²) in [5.74, 6) is -1.10. The van der Waals surface area contributed by atoms with Gasteiger partial charge in [0.05, 0.1) is 19.8 Å². The van der Waals surface area contributed by atoms with E-state index in [1.54, 1.807) is 27.9 Å². The number of anilines is 3. The van der Waals surface area contributed by atoms with E-state index >= 15 is 0 Å². The van der Waals surface area contributed by atoms with Crippen LogP contribution in [-0.2, 0) is 28.2 Å². The molecule has 3 unspecified atom stereocenters. The first-order chi connectivity index (χ1) is 20.9. The van der Waals surface area contributed by atoms with E-state index in [1.807, 2.05) is 0 Å². The van der Waals surface area contributed by atoms with Crippen molar-refractivity contribution in [2.24, 2.45) is 0 Å². The fraction of sp³-hybridized carbons (Fsp3) is 0.720. The molecule has 2 aliphatic heterocycles. The zero-order valence-electron chi connectivity index (χ0n) is 26.7. The number of aliphatic hydroxyl groups is 2. The molecule has 1 aromatic rings. The van der Waals surface area contributed by atoms with Crippen molar-refractivity contribution in [3.8, 4) is 5.88 Å². The van der Waals surface area contributed by atoms with Crippen LogP contribution in [0.2, 0.25) is 0 Å². The van der Waals surface area contributed by atoms with Crippen LogP contribution in [0.4, 0.5) is 22.2 Å². The summed E-state index contributed by atoms with van der Waals surface area (Å²) in [7, 11) is 7.34. The number of imide groups is 1. The molecule has 3 amide bonds. The second-order valence-corrected chi connectivity index (χ2v) is 15.4. The second kappa shape index (κ2) is 14.2. The summed E-state index contributed by atoms with van der Waals surface area (Å²) >= 11 is 0.706. The van der Waals surface area contributed by atoms with E-state index in [2.05, 4.69) is 20.4 Å². The minimum atomic E-state index is -4.06. The molecule has 0 bridgehead atoms. The molecule has 0 aliphatic carbocycles. The molecule has 0 saturated carbocycles. The monoisotopic (exact) mass is 678 g/mol. The van der Waals surface area contributed by atoms with Gasteiger partial charge < -0.3 is 49.8 Å². The van der Waals surface area contributed by atoms with Crippen molar-refractivity contribution in [2.45, 2.75) is 69.9 Å². The number of ether oxygens (including phenoxy) is 3. The smallest absolute Gasteiger partial charge is 0.327 e. The maximum atomic E-state index is 14.1. The molecule has 0 spiro atoms. The molecule has 254 valence electrons. The summed E-state index contributed by atoms with van der Waals surface area (Å²) in [5, 5.41) is 28.0. The van der Waals surface area contributed by atoms with Crippen LogP contribution in [0.15, 0.2) is 0 Å².